The zero-order valence-corrected chi connectivity index (χ0v) is 13.5. The molecule has 0 N–H and O–H groups in total. The molecule has 0 saturated heterocycles. The van der Waals surface area contributed by atoms with Gasteiger partial charge in [0.25, 0.3) is 0 Å². The maximum atomic E-state index is 13.6. The number of rotatable bonds is 5. The molecule has 2 aromatic rings. The highest BCUT2D eigenvalue weighted by molar-refractivity contribution is 5.72. The number of carbonyl (C=O) groups is 1. The third-order valence-corrected chi connectivity index (χ3v) is 3.71. The molecule has 7 heteroatoms. The highest BCUT2D eigenvalue weighted by Crippen LogP contribution is 2.30. The molecule has 1 aliphatic heterocycles. The van der Waals surface area contributed by atoms with Crippen molar-refractivity contribution in [1.82, 2.24) is 0 Å². The molecule has 1 aliphatic rings. The largest absolute Gasteiger partial charge is 0.494 e. The van der Waals surface area contributed by atoms with Crippen LogP contribution in [0.5, 0.6) is 11.5 Å². The summed E-state index contributed by atoms with van der Waals surface area (Å²) in [5.41, 5.74) is 1.44. The lowest BCUT2D eigenvalue weighted by atomic mass is 10.1. The monoisotopic (exact) mass is 350 g/mol. The van der Waals surface area contributed by atoms with Crippen molar-refractivity contribution < 1.29 is 32.5 Å². The first kappa shape index (κ1) is 17.2. The summed E-state index contributed by atoms with van der Waals surface area (Å²) < 4.78 is 47.7. The van der Waals surface area contributed by atoms with E-state index in [-0.39, 0.29) is 32.2 Å². The van der Waals surface area contributed by atoms with Gasteiger partial charge in [0.15, 0.2) is 18.4 Å². The summed E-state index contributed by atoms with van der Waals surface area (Å²) in [7, 11) is 1.36. The Morgan fingerprint density at radius 3 is 2.84 bits per heavy atom. The van der Waals surface area contributed by atoms with E-state index in [1.807, 2.05) is 0 Å². The zero-order chi connectivity index (χ0) is 17.8. The maximum absolute atomic E-state index is 13.6. The van der Waals surface area contributed by atoms with Crippen LogP contribution in [-0.2, 0) is 33.9 Å². The van der Waals surface area contributed by atoms with E-state index in [9.17, 15) is 13.6 Å². The van der Waals surface area contributed by atoms with E-state index >= 15 is 0 Å². The number of carbonyl (C=O) groups excluding carboxylic acids is 1. The first-order valence-electron chi connectivity index (χ1n) is 7.56. The van der Waals surface area contributed by atoms with Crippen LogP contribution in [-0.4, -0.2) is 19.9 Å². The molecule has 0 unspecified atom stereocenters. The van der Waals surface area contributed by atoms with Gasteiger partial charge in [0.05, 0.1) is 20.1 Å². The summed E-state index contributed by atoms with van der Waals surface area (Å²) in [6.07, 6.45) is -0.109. The van der Waals surface area contributed by atoms with Crippen molar-refractivity contribution in [2.24, 2.45) is 0 Å². The van der Waals surface area contributed by atoms with Gasteiger partial charge >= 0.3 is 5.97 Å². The Hall–Kier alpha value is -2.67. The Morgan fingerprint density at radius 1 is 1.24 bits per heavy atom. The molecule has 0 aromatic heterocycles. The minimum Gasteiger partial charge on any atom is -0.494 e. The lowest BCUT2D eigenvalue weighted by Crippen LogP contribution is -2.15. The van der Waals surface area contributed by atoms with Crippen LogP contribution in [0, 0.1) is 11.6 Å². The summed E-state index contributed by atoms with van der Waals surface area (Å²) in [4.78, 5) is 12.0. The van der Waals surface area contributed by atoms with Crippen LogP contribution in [0.1, 0.15) is 16.7 Å². The van der Waals surface area contributed by atoms with Gasteiger partial charge in [0.1, 0.15) is 18.2 Å². The number of halogens is 2. The van der Waals surface area contributed by atoms with E-state index in [0.29, 0.717) is 22.4 Å². The number of hydrogen-bond acceptors (Lipinski definition) is 5. The van der Waals surface area contributed by atoms with Crippen molar-refractivity contribution in [1.29, 1.82) is 0 Å². The number of esters is 1. The van der Waals surface area contributed by atoms with E-state index in [1.165, 1.54) is 31.4 Å². The predicted molar refractivity (Wildman–Crippen MR) is 83.1 cm³/mol. The van der Waals surface area contributed by atoms with Gasteiger partial charge in [-0.2, -0.15) is 0 Å². The van der Waals surface area contributed by atoms with E-state index in [1.54, 1.807) is 6.07 Å². The quantitative estimate of drug-likeness (QED) is 0.776. The fourth-order valence-corrected chi connectivity index (χ4v) is 2.56. The molecule has 0 saturated carbocycles. The number of benzene rings is 2. The van der Waals surface area contributed by atoms with E-state index < -0.39 is 17.6 Å². The summed E-state index contributed by atoms with van der Waals surface area (Å²) in [6.45, 7) is 0.154. The Morgan fingerprint density at radius 2 is 2.08 bits per heavy atom. The molecule has 0 spiro atoms. The highest BCUT2D eigenvalue weighted by Gasteiger charge is 2.18. The normalized spacial score (nSPS) is 12.9. The van der Waals surface area contributed by atoms with Crippen molar-refractivity contribution >= 4 is 5.97 Å². The first-order chi connectivity index (χ1) is 12.1. The van der Waals surface area contributed by atoms with Gasteiger partial charge in [0, 0.05) is 11.1 Å². The molecule has 0 amide bonds. The van der Waals surface area contributed by atoms with Crippen LogP contribution in [0.25, 0.3) is 0 Å². The number of hydrogen-bond donors (Lipinski definition) is 0. The van der Waals surface area contributed by atoms with Gasteiger partial charge in [-0.15, -0.1) is 0 Å². The van der Waals surface area contributed by atoms with Crippen molar-refractivity contribution in [3.63, 3.8) is 0 Å². The average molecular weight is 350 g/mol. The number of fused-ring (bicyclic) bond motifs is 1. The molecule has 0 fully saturated rings. The second kappa shape index (κ2) is 7.48. The van der Waals surface area contributed by atoms with Crippen molar-refractivity contribution in [2.75, 3.05) is 13.9 Å². The summed E-state index contributed by atoms with van der Waals surface area (Å²) in [5.74, 6) is -1.01. The molecule has 132 valence electrons. The lowest BCUT2D eigenvalue weighted by molar-refractivity contribution is -0.144. The fourth-order valence-electron chi connectivity index (χ4n) is 2.56. The number of methoxy groups -OCH3 is 1. The SMILES string of the molecule is COc1ccc(CC(=O)OCc2cc(F)cc3c2OCOC3)cc1F. The predicted octanol–water partition coefficient (Wildman–Crippen LogP) is 3.13. The summed E-state index contributed by atoms with van der Waals surface area (Å²) >= 11 is 0. The Kier molecular flexibility index (Phi) is 5.14. The van der Waals surface area contributed by atoms with Gasteiger partial charge in [-0.25, -0.2) is 8.78 Å². The summed E-state index contributed by atoms with van der Waals surface area (Å²) in [5, 5.41) is 0. The second-order valence-corrected chi connectivity index (χ2v) is 5.47. The molecule has 0 atom stereocenters. The first-order valence-corrected chi connectivity index (χ1v) is 7.56. The standard InChI is InChI=1S/C18H16F2O5/c1-22-16-3-2-11(4-15(16)20)5-17(21)24-9-13-7-14(19)6-12-8-23-10-25-18(12)13/h2-4,6-7H,5,8-10H2,1H3. The van der Waals surface area contributed by atoms with Crippen molar-refractivity contribution in [2.45, 2.75) is 19.6 Å². The smallest absolute Gasteiger partial charge is 0.310 e. The summed E-state index contributed by atoms with van der Waals surface area (Å²) in [6, 6.07) is 6.80. The third kappa shape index (κ3) is 4.06. The molecular weight excluding hydrogens is 334 g/mol. The van der Waals surface area contributed by atoms with Crippen molar-refractivity contribution in [3.8, 4) is 11.5 Å². The van der Waals surface area contributed by atoms with E-state index in [4.69, 9.17) is 18.9 Å². The van der Waals surface area contributed by atoms with E-state index in [2.05, 4.69) is 0 Å². The Balaban J connectivity index is 1.65. The second-order valence-electron chi connectivity index (χ2n) is 5.47. The fraction of sp³-hybridized carbons (Fsp3) is 0.278. The van der Waals surface area contributed by atoms with Gasteiger partial charge in [0.2, 0.25) is 0 Å². The van der Waals surface area contributed by atoms with Gasteiger partial charge in [-0.3, -0.25) is 4.79 Å². The van der Waals surface area contributed by atoms with Crippen LogP contribution in [0.4, 0.5) is 8.78 Å². The maximum Gasteiger partial charge on any atom is 0.310 e. The average Bonchev–Trinajstić information content (AvgIpc) is 2.59. The lowest BCUT2D eigenvalue weighted by Gasteiger charge is -2.20. The third-order valence-electron chi connectivity index (χ3n) is 3.71. The Labute approximate surface area is 143 Å². The minimum absolute atomic E-state index is 0.0602. The van der Waals surface area contributed by atoms with Crippen molar-refractivity contribution in [3.05, 3.63) is 58.7 Å². The zero-order valence-electron chi connectivity index (χ0n) is 13.5. The van der Waals surface area contributed by atoms with Crippen LogP contribution < -0.4 is 9.47 Å². The molecule has 3 rings (SSSR count). The molecule has 5 nitrogen and oxygen atoms in total. The molecule has 0 bridgehead atoms. The molecule has 25 heavy (non-hydrogen) atoms. The topological polar surface area (TPSA) is 54.0 Å². The van der Waals surface area contributed by atoms with Crippen LogP contribution in [0.3, 0.4) is 0 Å². The highest BCUT2D eigenvalue weighted by atomic mass is 19.1. The Bertz CT molecular complexity index is 791. The molecular formula is C18H16F2O5. The van der Waals surface area contributed by atoms with Crippen LogP contribution in [0.15, 0.2) is 30.3 Å². The molecule has 0 aliphatic carbocycles. The minimum atomic E-state index is -0.561. The van der Waals surface area contributed by atoms with Gasteiger partial charge in [-0.1, -0.05) is 6.07 Å². The van der Waals surface area contributed by atoms with Gasteiger partial charge < -0.3 is 18.9 Å². The molecule has 0 radical (unpaired) electrons. The van der Waals surface area contributed by atoms with Crippen LogP contribution >= 0.6 is 0 Å². The molecule has 1 heterocycles. The van der Waals surface area contributed by atoms with Gasteiger partial charge in [-0.05, 0) is 29.8 Å². The van der Waals surface area contributed by atoms with E-state index in [0.717, 1.165) is 0 Å². The molecule has 2 aromatic carbocycles. The number of ether oxygens (including phenoxy) is 4. The van der Waals surface area contributed by atoms with Crippen LogP contribution in [0.2, 0.25) is 0 Å².